The van der Waals surface area contributed by atoms with Crippen LogP contribution in [0.1, 0.15) is 49.3 Å². The number of pyridine rings is 1. The number of amides is 1. The van der Waals surface area contributed by atoms with E-state index >= 15 is 0 Å². The Morgan fingerprint density at radius 1 is 1.50 bits per heavy atom. The van der Waals surface area contributed by atoms with Crippen molar-refractivity contribution in [3.8, 4) is 0 Å². The first-order valence-electron chi connectivity index (χ1n) is 8.08. The van der Waals surface area contributed by atoms with E-state index in [-0.39, 0.29) is 24.0 Å². The summed E-state index contributed by atoms with van der Waals surface area (Å²) in [6.45, 7) is 8.52. The number of esters is 1. The quantitative estimate of drug-likeness (QED) is 0.867. The summed E-state index contributed by atoms with van der Waals surface area (Å²) in [6.07, 6.45) is 2.02. The summed E-state index contributed by atoms with van der Waals surface area (Å²) < 4.78 is 7.29. The molecule has 1 saturated heterocycles. The third-order valence-corrected chi connectivity index (χ3v) is 4.26. The van der Waals surface area contributed by atoms with Gasteiger partial charge in [0.05, 0.1) is 23.8 Å². The molecule has 3 heterocycles. The summed E-state index contributed by atoms with van der Waals surface area (Å²) in [5, 5.41) is 7.79. The Hall–Kier alpha value is -2.44. The Bertz CT molecular complexity index is 812. The van der Waals surface area contributed by atoms with Gasteiger partial charge in [-0.25, -0.2) is 14.5 Å². The minimum Gasteiger partial charge on any atom is -0.461 e. The summed E-state index contributed by atoms with van der Waals surface area (Å²) in [7, 11) is 0. The lowest BCUT2D eigenvalue weighted by atomic mass is 9.91. The van der Waals surface area contributed by atoms with Gasteiger partial charge in [-0.05, 0) is 26.8 Å². The lowest BCUT2D eigenvalue weighted by Gasteiger charge is -2.20. The predicted molar refractivity (Wildman–Crippen MR) is 88.7 cm³/mol. The van der Waals surface area contributed by atoms with Crippen LogP contribution in [0.5, 0.6) is 0 Å². The first-order valence-corrected chi connectivity index (χ1v) is 8.08. The Morgan fingerprint density at radius 3 is 2.88 bits per heavy atom. The maximum Gasteiger partial charge on any atom is 0.339 e. The number of carbonyl (C=O) groups excluding carboxylic acids is 2. The highest BCUT2D eigenvalue weighted by molar-refractivity contribution is 6.02. The number of rotatable bonds is 4. The molecule has 0 aliphatic carbocycles. The van der Waals surface area contributed by atoms with Crippen molar-refractivity contribution in [1.82, 2.24) is 20.1 Å². The highest BCUT2D eigenvalue weighted by Gasteiger charge is 2.35. The maximum atomic E-state index is 12.6. The second kappa shape index (κ2) is 5.89. The van der Waals surface area contributed by atoms with Crippen molar-refractivity contribution in [3.63, 3.8) is 0 Å². The van der Waals surface area contributed by atoms with Gasteiger partial charge in [0.2, 0.25) is 5.91 Å². The second-order valence-corrected chi connectivity index (χ2v) is 7.07. The number of aromatic nitrogens is 3. The molecule has 1 atom stereocenters. The van der Waals surface area contributed by atoms with Gasteiger partial charge in [-0.1, -0.05) is 6.92 Å². The monoisotopic (exact) mass is 330 g/mol. The highest BCUT2D eigenvalue weighted by Crippen LogP contribution is 2.27. The molecule has 0 saturated carbocycles. The molecular weight excluding hydrogens is 308 g/mol. The first kappa shape index (κ1) is 16.4. The second-order valence-electron chi connectivity index (χ2n) is 7.07. The van der Waals surface area contributed by atoms with Crippen molar-refractivity contribution in [2.45, 2.75) is 40.2 Å². The molecule has 7 heteroatoms. The lowest BCUT2D eigenvalue weighted by Crippen LogP contribution is -2.27. The SMILES string of the molecule is Cc1cc(C(=O)OC[C@@]2(C)CNC(=O)C2)c2cnn(C(C)C)c2n1. The van der Waals surface area contributed by atoms with E-state index in [1.54, 1.807) is 16.9 Å². The molecular formula is C17H22N4O3. The van der Waals surface area contributed by atoms with Gasteiger partial charge in [-0.3, -0.25) is 4.79 Å². The van der Waals surface area contributed by atoms with E-state index in [0.717, 1.165) is 5.69 Å². The molecule has 1 fully saturated rings. The van der Waals surface area contributed by atoms with Crippen molar-refractivity contribution in [1.29, 1.82) is 0 Å². The van der Waals surface area contributed by atoms with E-state index in [4.69, 9.17) is 4.74 Å². The van der Waals surface area contributed by atoms with Crippen molar-refractivity contribution >= 4 is 22.9 Å². The molecule has 24 heavy (non-hydrogen) atoms. The van der Waals surface area contributed by atoms with Gasteiger partial charge in [0.25, 0.3) is 0 Å². The molecule has 0 spiro atoms. The average molecular weight is 330 g/mol. The fraction of sp³-hybridized carbons (Fsp3) is 0.529. The van der Waals surface area contributed by atoms with Gasteiger partial charge in [0.15, 0.2) is 5.65 Å². The largest absolute Gasteiger partial charge is 0.461 e. The van der Waals surface area contributed by atoms with E-state index in [2.05, 4.69) is 15.4 Å². The molecule has 128 valence electrons. The van der Waals surface area contributed by atoms with Gasteiger partial charge in [0.1, 0.15) is 0 Å². The molecule has 2 aromatic heterocycles. The van der Waals surface area contributed by atoms with Crippen LogP contribution in [-0.2, 0) is 9.53 Å². The van der Waals surface area contributed by atoms with E-state index < -0.39 is 5.97 Å². The number of nitrogens with zero attached hydrogens (tertiary/aromatic N) is 3. The Kier molecular flexibility index (Phi) is 4.03. The number of fused-ring (bicyclic) bond motifs is 1. The number of carbonyl (C=O) groups is 2. The number of hydrogen-bond acceptors (Lipinski definition) is 5. The molecule has 1 aliphatic rings. The van der Waals surface area contributed by atoms with Crippen LogP contribution in [0, 0.1) is 12.3 Å². The minimum absolute atomic E-state index is 0.00564. The Morgan fingerprint density at radius 2 is 2.25 bits per heavy atom. The van der Waals surface area contributed by atoms with E-state index in [0.29, 0.717) is 29.6 Å². The molecule has 7 nitrogen and oxygen atoms in total. The molecule has 3 rings (SSSR count). The highest BCUT2D eigenvalue weighted by atomic mass is 16.5. The molecule has 0 bridgehead atoms. The van der Waals surface area contributed by atoms with Crippen LogP contribution in [0.3, 0.4) is 0 Å². The topological polar surface area (TPSA) is 86.1 Å². The van der Waals surface area contributed by atoms with Crippen LogP contribution in [-0.4, -0.2) is 39.8 Å². The summed E-state index contributed by atoms with van der Waals surface area (Å²) in [5.74, 6) is -0.414. The minimum atomic E-state index is -0.408. The third-order valence-electron chi connectivity index (χ3n) is 4.26. The summed E-state index contributed by atoms with van der Waals surface area (Å²) in [6, 6.07) is 1.87. The number of hydrogen-bond donors (Lipinski definition) is 1. The van der Waals surface area contributed by atoms with Gasteiger partial charge in [-0.2, -0.15) is 5.10 Å². The maximum absolute atomic E-state index is 12.6. The zero-order valence-electron chi connectivity index (χ0n) is 14.4. The summed E-state index contributed by atoms with van der Waals surface area (Å²) in [4.78, 5) is 28.5. The van der Waals surface area contributed by atoms with Gasteiger partial charge < -0.3 is 10.1 Å². The van der Waals surface area contributed by atoms with Gasteiger partial charge in [-0.15, -0.1) is 0 Å². The van der Waals surface area contributed by atoms with Crippen LogP contribution in [0.2, 0.25) is 0 Å². The van der Waals surface area contributed by atoms with Crippen molar-refractivity contribution < 1.29 is 14.3 Å². The van der Waals surface area contributed by atoms with Crippen LogP contribution < -0.4 is 5.32 Å². The summed E-state index contributed by atoms with van der Waals surface area (Å²) in [5.41, 5.74) is 1.53. The van der Waals surface area contributed by atoms with Crippen LogP contribution in [0.15, 0.2) is 12.3 Å². The number of nitrogens with one attached hydrogen (secondary N) is 1. The number of ether oxygens (including phenoxy) is 1. The molecule has 2 aromatic rings. The predicted octanol–water partition coefficient (Wildman–Crippen LogP) is 2.00. The zero-order chi connectivity index (χ0) is 17.5. The molecule has 1 aliphatic heterocycles. The average Bonchev–Trinajstić information content (AvgIpc) is 3.08. The Labute approximate surface area is 140 Å². The third kappa shape index (κ3) is 2.98. The van der Waals surface area contributed by atoms with Crippen molar-refractivity contribution in [3.05, 3.63) is 23.5 Å². The smallest absolute Gasteiger partial charge is 0.339 e. The van der Waals surface area contributed by atoms with Crippen LogP contribution in [0.4, 0.5) is 0 Å². The van der Waals surface area contributed by atoms with Crippen LogP contribution >= 0.6 is 0 Å². The van der Waals surface area contributed by atoms with Crippen molar-refractivity contribution in [2.24, 2.45) is 5.41 Å². The Balaban J connectivity index is 1.86. The van der Waals surface area contributed by atoms with Gasteiger partial charge in [0, 0.05) is 30.1 Å². The molecule has 1 amide bonds. The lowest BCUT2D eigenvalue weighted by molar-refractivity contribution is -0.119. The molecule has 0 unspecified atom stereocenters. The van der Waals surface area contributed by atoms with Crippen LogP contribution in [0.25, 0.3) is 11.0 Å². The van der Waals surface area contributed by atoms with E-state index in [9.17, 15) is 9.59 Å². The van der Waals surface area contributed by atoms with Gasteiger partial charge >= 0.3 is 5.97 Å². The molecule has 1 N–H and O–H groups in total. The summed E-state index contributed by atoms with van der Waals surface area (Å²) >= 11 is 0. The fourth-order valence-electron chi connectivity index (χ4n) is 2.93. The fourth-order valence-corrected chi connectivity index (χ4v) is 2.93. The standard InChI is InChI=1S/C17H22N4O3/c1-10(2)21-15-13(7-19-21)12(5-11(3)20-15)16(23)24-9-17(4)6-14(22)18-8-17/h5,7,10H,6,8-9H2,1-4H3,(H,18,22)/t17-/m1/s1. The zero-order valence-corrected chi connectivity index (χ0v) is 14.4. The van der Waals surface area contributed by atoms with E-state index in [1.807, 2.05) is 27.7 Å². The first-order chi connectivity index (χ1) is 11.3. The number of aryl methyl sites for hydroxylation is 1. The van der Waals surface area contributed by atoms with E-state index in [1.165, 1.54) is 0 Å². The van der Waals surface area contributed by atoms with Crippen molar-refractivity contribution in [2.75, 3.05) is 13.2 Å². The molecule has 0 aromatic carbocycles. The molecule has 0 radical (unpaired) electrons. The normalized spacial score (nSPS) is 20.6.